The van der Waals surface area contributed by atoms with Gasteiger partial charge in [0.05, 0.1) is 26.4 Å². The van der Waals surface area contributed by atoms with Crippen LogP contribution in [-0.2, 0) is 65.4 Å². The second-order valence-corrected chi connectivity index (χ2v) is 28.6. The molecule has 3 N–H and O–H groups in total. The van der Waals surface area contributed by atoms with Crippen LogP contribution in [0.5, 0.6) is 0 Å². The van der Waals surface area contributed by atoms with Crippen LogP contribution < -0.4 is 0 Å². The minimum Gasteiger partial charge on any atom is -0.462 e. The number of esters is 4. The molecule has 0 saturated heterocycles. The Bertz CT molecular complexity index is 1850. The fourth-order valence-electron chi connectivity index (χ4n) is 10.2. The van der Waals surface area contributed by atoms with Crippen molar-refractivity contribution in [2.45, 2.75) is 355 Å². The Balaban J connectivity index is 5.23. The summed E-state index contributed by atoms with van der Waals surface area (Å²) < 4.78 is 68.1. The third-order valence-corrected chi connectivity index (χ3v) is 18.1. The van der Waals surface area contributed by atoms with Crippen LogP contribution in [0.2, 0.25) is 0 Å². The first kappa shape index (κ1) is 87.5. The van der Waals surface area contributed by atoms with Crippen LogP contribution in [0, 0.1) is 11.8 Å². The van der Waals surface area contributed by atoms with Gasteiger partial charge in [-0.1, -0.05) is 284 Å². The number of phosphoric acid groups is 2. The molecular formula is C71H134O17P2. The second kappa shape index (κ2) is 62.6. The van der Waals surface area contributed by atoms with E-state index in [2.05, 4.69) is 65.8 Å². The SMILES string of the molecule is CCCCCC/C=C\C=C/CCCCCCCC(=O)OC[C@H](COP(=O)(O)OC[C@@H](O)COP(=O)(O)OC[C@@H](COC(=O)CCCCCCCCC)OC(=O)CCCCCCCCC(C)CC)OC(=O)CCCCCCCCCCCCCCCCCC(C)C. The molecule has 17 nitrogen and oxygen atoms in total. The summed E-state index contributed by atoms with van der Waals surface area (Å²) in [6.45, 7) is 9.42. The highest BCUT2D eigenvalue weighted by molar-refractivity contribution is 7.47. The van der Waals surface area contributed by atoms with Crippen molar-refractivity contribution in [2.75, 3.05) is 39.6 Å². The van der Waals surface area contributed by atoms with Gasteiger partial charge in [-0.3, -0.25) is 37.3 Å². The van der Waals surface area contributed by atoms with E-state index in [-0.39, 0.29) is 25.7 Å². The van der Waals surface area contributed by atoms with Gasteiger partial charge in [0.25, 0.3) is 0 Å². The predicted octanol–water partition coefficient (Wildman–Crippen LogP) is 19.9. The Morgan fingerprint density at radius 2 is 0.656 bits per heavy atom. The number of hydrogen-bond donors (Lipinski definition) is 3. The van der Waals surface area contributed by atoms with Crippen LogP contribution in [0.4, 0.5) is 0 Å². The number of hydrogen-bond acceptors (Lipinski definition) is 15. The first-order chi connectivity index (χ1) is 43.4. The number of unbranched alkanes of at least 4 members (excludes halogenated alkanes) is 34. The van der Waals surface area contributed by atoms with Crippen LogP contribution in [0.15, 0.2) is 24.3 Å². The van der Waals surface area contributed by atoms with Crippen LogP contribution in [0.3, 0.4) is 0 Å². The molecule has 0 aliphatic rings. The highest BCUT2D eigenvalue weighted by atomic mass is 31.2. The summed E-state index contributed by atoms with van der Waals surface area (Å²) in [6, 6.07) is 0. The molecule has 0 bridgehead atoms. The fraction of sp³-hybridized carbons (Fsp3) is 0.887. The maximum absolute atomic E-state index is 13.0. The summed E-state index contributed by atoms with van der Waals surface area (Å²) in [7, 11) is -9.91. The standard InChI is InChI=1S/C71H134O17P2/c1-7-10-12-14-16-17-18-19-21-25-28-31-35-42-48-54-69(74)82-60-66(87-70(75)55-49-43-36-32-29-26-23-20-22-24-27-30-34-39-45-51-63(4)5)61-85-89(77,78)83-57-65(72)58-84-90(79,80)86-62-67(59-81-68(73)53-47-41-33-15-13-11-8-2)88-71(76)56-50-44-38-37-40-46-52-64(6)9-3/h17-19,21,63-67,72H,7-16,20,22-62H2,1-6H3,(H,77,78)(H,79,80)/b18-17-,21-19-/t64?,65-,66-,67-/m1/s1. The highest BCUT2D eigenvalue weighted by Gasteiger charge is 2.30. The average molecular weight is 1320 g/mol. The lowest BCUT2D eigenvalue weighted by molar-refractivity contribution is -0.161. The van der Waals surface area contributed by atoms with Crippen molar-refractivity contribution in [3.05, 3.63) is 24.3 Å². The summed E-state index contributed by atoms with van der Waals surface area (Å²) in [5, 5.41) is 10.6. The molecule has 0 spiro atoms. The van der Waals surface area contributed by atoms with Crippen LogP contribution in [-0.4, -0.2) is 96.7 Å². The van der Waals surface area contributed by atoms with Crippen LogP contribution in [0.25, 0.3) is 0 Å². The van der Waals surface area contributed by atoms with Gasteiger partial charge in [0.2, 0.25) is 0 Å². The molecule has 0 aromatic heterocycles. The molecule has 0 radical (unpaired) electrons. The van der Waals surface area contributed by atoms with Crippen LogP contribution >= 0.6 is 15.6 Å². The predicted molar refractivity (Wildman–Crippen MR) is 363 cm³/mol. The third kappa shape index (κ3) is 63.0. The molecule has 19 heteroatoms. The molecular weight excluding hydrogens is 1190 g/mol. The normalized spacial score (nSPS) is 14.6. The number of allylic oxidation sites excluding steroid dienone is 4. The molecule has 0 heterocycles. The quantitative estimate of drug-likeness (QED) is 0.0169. The van der Waals surface area contributed by atoms with Gasteiger partial charge in [0, 0.05) is 25.7 Å². The van der Waals surface area contributed by atoms with Crippen molar-refractivity contribution >= 4 is 39.5 Å². The van der Waals surface area contributed by atoms with Gasteiger partial charge in [0.15, 0.2) is 12.2 Å². The van der Waals surface area contributed by atoms with Crippen molar-refractivity contribution in [2.24, 2.45) is 11.8 Å². The molecule has 0 rings (SSSR count). The second-order valence-electron chi connectivity index (χ2n) is 25.7. The topological polar surface area (TPSA) is 237 Å². The Kier molecular flexibility index (Phi) is 60.9. The lowest BCUT2D eigenvalue weighted by atomic mass is 10.00. The van der Waals surface area contributed by atoms with Crippen molar-refractivity contribution in [1.29, 1.82) is 0 Å². The Labute approximate surface area is 548 Å². The van der Waals surface area contributed by atoms with E-state index in [0.29, 0.717) is 25.7 Å². The number of ether oxygens (including phenoxy) is 4. The lowest BCUT2D eigenvalue weighted by Crippen LogP contribution is -2.30. The zero-order chi connectivity index (χ0) is 66.5. The molecule has 3 unspecified atom stereocenters. The molecule has 0 aromatic carbocycles. The smallest absolute Gasteiger partial charge is 0.462 e. The molecule has 530 valence electrons. The van der Waals surface area contributed by atoms with Gasteiger partial charge in [0.1, 0.15) is 19.3 Å². The molecule has 0 saturated carbocycles. The summed E-state index contributed by atoms with van der Waals surface area (Å²) in [5.74, 6) is -0.642. The fourth-order valence-corrected chi connectivity index (χ4v) is 11.8. The number of carbonyl (C=O) groups excluding carboxylic acids is 4. The molecule has 0 aliphatic heterocycles. The van der Waals surface area contributed by atoms with Gasteiger partial charge in [-0.05, 0) is 63.2 Å². The zero-order valence-corrected chi connectivity index (χ0v) is 59.7. The molecule has 6 atom stereocenters. The van der Waals surface area contributed by atoms with E-state index in [9.17, 15) is 43.2 Å². The number of rotatable bonds is 68. The van der Waals surface area contributed by atoms with E-state index in [1.165, 1.54) is 122 Å². The highest BCUT2D eigenvalue weighted by Crippen LogP contribution is 2.45. The summed E-state index contributed by atoms with van der Waals surface area (Å²) >= 11 is 0. The van der Waals surface area contributed by atoms with E-state index in [1.54, 1.807) is 0 Å². The number of aliphatic hydroxyl groups excluding tert-OH is 1. The monoisotopic (exact) mass is 1320 g/mol. The molecule has 0 amide bonds. The summed E-state index contributed by atoms with van der Waals surface area (Å²) in [5.41, 5.74) is 0. The Morgan fingerprint density at radius 3 is 1.00 bits per heavy atom. The zero-order valence-electron chi connectivity index (χ0n) is 57.9. The largest absolute Gasteiger partial charge is 0.472 e. The average Bonchev–Trinajstić information content (AvgIpc) is 3.25. The Hall–Kier alpha value is -2.46. The van der Waals surface area contributed by atoms with Crippen molar-refractivity contribution in [3.63, 3.8) is 0 Å². The van der Waals surface area contributed by atoms with E-state index in [0.717, 1.165) is 134 Å². The first-order valence-electron chi connectivity index (χ1n) is 36.3. The Morgan fingerprint density at radius 1 is 0.367 bits per heavy atom. The van der Waals surface area contributed by atoms with Crippen molar-refractivity contribution in [1.82, 2.24) is 0 Å². The number of carbonyl (C=O) groups is 4. The van der Waals surface area contributed by atoms with Gasteiger partial charge < -0.3 is 33.8 Å². The van der Waals surface area contributed by atoms with E-state index in [4.69, 9.17) is 37.0 Å². The molecule has 90 heavy (non-hydrogen) atoms. The lowest BCUT2D eigenvalue weighted by Gasteiger charge is -2.21. The number of phosphoric ester groups is 2. The van der Waals surface area contributed by atoms with Gasteiger partial charge in [-0.15, -0.1) is 0 Å². The third-order valence-electron chi connectivity index (χ3n) is 16.2. The van der Waals surface area contributed by atoms with Crippen LogP contribution in [0.1, 0.15) is 337 Å². The van der Waals surface area contributed by atoms with Gasteiger partial charge >= 0.3 is 39.5 Å². The van der Waals surface area contributed by atoms with E-state index < -0.39 is 97.5 Å². The number of aliphatic hydroxyl groups is 1. The van der Waals surface area contributed by atoms with E-state index >= 15 is 0 Å². The van der Waals surface area contributed by atoms with Gasteiger partial charge in [-0.25, -0.2) is 9.13 Å². The molecule has 0 aromatic rings. The summed E-state index contributed by atoms with van der Waals surface area (Å²) in [6.07, 6.45) is 51.0. The first-order valence-corrected chi connectivity index (χ1v) is 39.3. The van der Waals surface area contributed by atoms with E-state index in [1.807, 2.05) is 0 Å². The maximum Gasteiger partial charge on any atom is 0.472 e. The van der Waals surface area contributed by atoms with Crippen molar-refractivity contribution in [3.8, 4) is 0 Å². The minimum absolute atomic E-state index is 0.100. The van der Waals surface area contributed by atoms with Gasteiger partial charge in [-0.2, -0.15) is 0 Å². The van der Waals surface area contributed by atoms with Crippen molar-refractivity contribution < 1.29 is 80.2 Å². The minimum atomic E-state index is -4.96. The molecule has 0 aliphatic carbocycles. The maximum atomic E-state index is 13.0. The molecule has 0 fully saturated rings. The summed E-state index contributed by atoms with van der Waals surface area (Å²) in [4.78, 5) is 72.4.